The molecule has 0 fully saturated rings. The summed E-state index contributed by atoms with van der Waals surface area (Å²) in [5.41, 5.74) is 13.1. The lowest BCUT2D eigenvalue weighted by atomic mass is 9.89. The van der Waals surface area contributed by atoms with Crippen LogP contribution in [-0.4, -0.2) is 9.97 Å². The Hall–Kier alpha value is -6.84. The number of ether oxygens (including phenoxy) is 1. The molecule has 1 aromatic heterocycles. The topological polar surface area (TPSA) is 35.0 Å². The van der Waals surface area contributed by atoms with Crippen LogP contribution in [0.5, 0.6) is 11.5 Å². The van der Waals surface area contributed by atoms with E-state index in [-0.39, 0.29) is 0 Å². The molecule has 0 saturated heterocycles. The van der Waals surface area contributed by atoms with Crippen LogP contribution in [0.1, 0.15) is 0 Å². The van der Waals surface area contributed by atoms with Crippen molar-refractivity contribution in [2.24, 2.45) is 0 Å². The van der Waals surface area contributed by atoms with Crippen molar-refractivity contribution in [1.82, 2.24) is 9.97 Å². The highest BCUT2D eigenvalue weighted by Gasteiger charge is 2.22. The molecule has 3 heteroatoms. The van der Waals surface area contributed by atoms with Gasteiger partial charge in [0.15, 0.2) is 5.82 Å². The zero-order valence-electron chi connectivity index (χ0n) is 27.6. The maximum absolute atomic E-state index is 6.60. The van der Waals surface area contributed by atoms with Gasteiger partial charge in [-0.1, -0.05) is 146 Å². The first kappa shape index (κ1) is 29.1. The largest absolute Gasteiger partial charge is 0.456 e. The first-order valence-corrected chi connectivity index (χ1v) is 17.2. The van der Waals surface area contributed by atoms with Gasteiger partial charge in [0.1, 0.15) is 11.5 Å². The Labute approximate surface area is 296 Å². The number of hydrogen-bond donors (Lipinski definition) is 0. The summed E-state index contributed by atoms with van der Waals surface area (Å²) in [5, 5.41) is 3.36. The quantitative estimate of drug-likeness (QED) is 0.186. The Kier molecular flexibility index (Phi) is 6.81. The van der Waals surface area contributed by atoms with Gasteiger partial charge in [0.2, 0.25) is 0 Å². The van der Waals surface area contributed by atoms with Crippen LogP contribution in [0, 0.1) is 0 Å². The molecule has 0 spiro atoms. The van der Waals surface area contributed by atoms with Gasteiger partial charge in [-0.15, -0.1) is 0 Å². The first-order chi connectivity index (χ1) is 25.3. The second-order valence-electron chi connectivity index (χ2n) is 13.0. The summed E-state index contributed by atoms with van der Waals surface area (Å²) >= 11 is 0. The molecule has 10 rings (SSSR count). The zero-order valence-corrected chi connectivity index (χ0v) is 27.6. The number of hydrogen-bond acceptors (Lipinski definition) is 3. The van der Waals surface area contributed by atoms with E-state index >= 15 is 0 Å². The van der Waals surface area contributed by atoms with Gasteiger partial charge in [-0.25, -0.2) is 9.97 Å². The van der Waals surface area contributed by atoms with Gasteiger partial charge in [0.25, 0.3) is 0 Å². The second-order valence-corrected chi connectivity index (χ2v) is 13.0. The highest BCUT2D eigenvalue weighted by Crippen LogP contribution is 2.49. The van der Waals surface area contributed by atoms with Crippen molar-refractivity contribution >= 4 is 21.7 Å². The van der Waals surface area contributed by atoms with Crippen LogP contribution in [0.2, 0.25) is 0 Å². The molecule has 51 heavy (non-hydrogen) atoms. The summed E-state index contributed by atoms with van der Waals surface area (Å²) in [7, 11) is 0. The van der Waals surface area contributed by atoms with E-state index in [9.17, 15) is 0 Å². The van der Waals surface area contributed by atoms with Gasteiger partial charge >= 0.3 is 0 Å². The van der Waals surface area contributed by atoms with E-state index in [4.69, 9.17) is 14.7 Å². The average molecular weight is 651 g/mol. The number of aromatic nitrogens is 2. The number of nitrogens with zero attached hydrogens (tertiary/aromatic N) is 2. The monoisotopic (exact) mass is 650 g/mol. The molecule has 0 unspecified atom stereocenters. The predicted molar refractivity (Wildman–Crippen MR) is 210 cm³/mol. The van der Waals surface area contributed by atoms with E-state index in [1.807, 2.05) is 24.3 Å². The molecule has 2 heterocycles. The average Bonchev–Trinajstić information content (AvgIpc) is 3.21. The number of benzene rings is 8. The third kappa shape index (κ3) is 5.06. The molecule has 0 radical (unpaired) electrons. The fraction of sp³-hybridized carbons (Fsp3) is 0. The Bertz CT molecular complexity index is 2770. The van der Waals surface area contributed by atoms with Crippen LogP contribution in [0.4, 0.5) is 0 Å². The van der Waals surface area contributed by atoms with Gasteiger partial charge in [-0.2, -0.15) is 0 Å². The molecule has 9 aromatic rings. The van der Waals surface area contributed by atoms with Crippen molar-refractivity contribution in [3.05, 3.63) is 182 Å². The molecule has 238 valence electrons. The lowest BCUT2D eigenvalue weighted by molar-refractivity contribution is 0.487. The van der Waals surface area contributed by atoms with Gasteiger partial charge in [0, 0.05) is 27.5 Å². The molecule has 1 aliphatic rings. The lowest BCUT2D eigenvalue weighted by Gasteiger charge is -2.23. The van der Waals surface area contributed by atoms with Crippen molar-refractivity contribution in [1.29, 1.82) is 0 Å². The minimum absolute atomic E-state index is 0.713. The lowest BCUT2D eigenvalue weighted by Crippen LogP contribution is -1.98. The summed E-state index contributed by atoms with van der Waals surface area (Å²) in [6, 6.07) is 63.8. The van der Waals surface area contributed by atoms with Crippen LogP contribution < -0.4 is 4.74 Å². The van der Waals surface area contributed by atoms with Crippen LogP contribution in [-0.2, 0) is 0 Å². The Balaban J connectivity index is 1.04. The Morgan fingerprint density at radius 1 is 0.333 bits per heavy atom. The maximum Gasteiger partial charge on any atom is 0.160 e. The summed E-state index contributed by atoms with van der Waals surface area (Å²) < 4.78 is 6.60. The summed E-state index contributed by atoms with van der Waals surface area (Å²) in [5.74, 6) is 2.48. The van der Waals surface area contributed by atoms with Crippen LogP contribution in [0.3, 0.4) is 0 Å². The van der Waals surface area contributed by atoms with Gasteiger partial charge in [0.05, 0.1) is 11.2 Å². The smallest absolute Gasteiger partial charge is 0.160 e. The minimum Gasteiger partial charge on any atom is -0.456 e. The van der Waals surface area contributed by atoms with E-state index < -0.39 is 0 Å². The summed E-state index contributed by atoms with van der Waals surface area (Å²) in [6.45, 7) is 0. The van der Waals surface area contributed by atoms with Crippen molar-refractivity contribution in [2.45, 2.75) is 0 Å². The van der Waals surface area contributed by atoms with E-state index in [2.05, 4.69) is 158 Å². The molecule has 3 nitrogen and oxygen atoms in total. The van der Waals surface area contributed by atoms with Crippen LogP contribution in [0.25, 0.3) is 88.8 Å². The van der Waals surface area contributed by atoms with Crippen molar-refractivity contribution in [3.63, 3.8) is 0 Å². The maximum atomic E-state index is 6.60. The molecular formula is C48H30N2O. The zero-order chi connectivity index (χ0) is 33.7. The molecule has 0 saturated carbocycles. The number of rotatable bonds is 5. The van der Waals surface area contributed by atoms with Gasteiger partial charge in [-0.3, -0.25) is 0 Å². The van der Waals surface area contributed by atoms with Gasteiger partial charge < -0.3 is 4.74 Å². The summed E-state index contributed by atoms with van der Waals surface area (Å²) in [4.78, 5) is 10.1. The second kappa shape index (κ2) is 11.9. The molecule has 0 atom stereocenters. The van der Waals surface area contributed by atoms with E-state index in [0.29, 0.717) is 5.82 Å². The predicted octanol–water partition coefficient (Wildman–Crippen LogP) is 12.9. The van der Waals surface area contributed by atoms with E-state index in [0.717, 1.165) is 72.4 Å². The molecular weight excluding hydrogens is 621 g/mol. The van der Waals surface area contributed by atoms with Crippen LogP contribution >= 0.6 is 0 Å². The molecule has 0 N–H and O–H groups in total. The third-order valence-electron chi connectivity index (χ3n) is 9.88. The van der Waals surface area contributed by atoms with E-state index in [1.165, 1.54) is 22.1 Å². The molecule has 0 bridgehead atoms. The first-order valence-electron chi connectivity index (χ1n) is 17.2. The SMILES string of the molecule is c1ccc(-c2ccc3c(c2)Oc2ccc(-c4cccc(-c5cccc(-c6nc(-c7ccccc7)c7ccccc7n6)c5)c4)c4cccc-3c24)cc1. The number of fused-ring (bicyclic) bond motifs is 3. The highest BCUT2D eigenvalue weighted by molar-refractivity contribution is 6.10. The fourth-order valence-electron chi connectivity index (χ4n) is 7.42. The van der Waals surface area contributed by atoms with Gasteiger partial charge in [-0.05, 0) is 80.7 Å². The summed E-state index contributed by atoms with van der Waals surface area (Å²) in [6.07, 6.45) is 0. The Morgan fingerprint density at radius 2 is 0.941 bits per heavy atom. The molecule has 8 aromatic carbocycles. The van der Waals surface area contributed by atoms with Crippen molar-refractivity contribution in [2.75, 3.05) is 0 Å². The standard InChI is InChI=1S/C48H30N2O/c1-3-12-31(13-4-1)35-24-25-39-41-22-11-21-40-38(26-27-44(46(40)41)51-45(39)30-35)36-18-9-16-33(28-36)34-17-10-19-37(29-34)48-49-43-23-8-7-20-42(43)47(50-48)32-14-5-2-6-15-32/h1-30H. The highest BCUT2D eigenvalue weighted by atomic mass is 16.5. The molecule has 1 aliphatic heterocycles. The van der Waals surface area contributed by atoms with E-state index in [1.54, 1.807) is 0 Å². The van der Waals surface area contributed by atoms with Crippen molar-refractivity contribution < 1.29 is 4.74 Å². The van der Waals surface area contributed by atoms with Crippen LogP contribution in [0.15, 0.2) is 182 Å². The molecule has 0 aliphatic carbocycles. The van der Waals surface area contributed by atoms with Crippen molar-refractivity contribution in [3.8, 4) is 78.7 Å². The molecule has 0 amide bonds. The normalized spacial score (nSPS) is 11.7. The number of para-hydroxylation sites is 1. The fourth-order valence-corrected chi connectivity index (χ4v) is 7.42. The third-order valence-corrected chi connectivity index (χ3v) is 9.88. The minimum atomic E-state index is 0.713. The Morgan fingerprint density at radius 3 is 1.76 bits per heavy atom.